The molecule has 0 fully saturated rings. The van der Waals surface area contributed by atoms with E-state index in [0.717, 1.165) is 0 Å². The zero-order valence-corrected chi connectivity index (χ0v) is 8.01. The van der Waals surface area contributed by atoms with E-state index in [1.165, 1.54) is 0 Å². The van der Waals surface area contributed by atoms with Gasteiger partial charge in [-0.15, -0.1) is 37.2 Å². The van der Waals surface area contributed by atoms with Crippen LogP contribution in [0.4, 0.5) is 5.69 Å². The lowest BCUT2D eigenvalue weighted by molar-refractivity contribution is 0.478. The second-order valence-corrected chi connectivity index (χ2v) is 1.56. The molecule has 66 valence electrons. The number of phenols is 1. The Morgan fingerprint density at radius 1 is 1.00 bits per heavy atom. The van der Waals surface area contributed by atoms with E-state index in [2.05, 4.69) is 0 Å². The molecule has 0 saturated carbocycles. The second-order valence-electron chi connectivity index (χ2n) is 1.56. The summed E-state index contributed by atoms with van der Waals surface area (Å²) in [6.45, 7) is 0. The first kappa shape index (κ1) is 17.0. The van der Waals surface area contributed by atoms with Gasteiger partial charge in [-0.1, -0.05) is 12.1 Å². The number of hydrogen-bond donors (Lipinski definition) is 2. The summed E-state index contributed by atoms with van der Waals surface area (Å²) >= 11 is 0. The molecule has 1 aromatic rings. The molecule has 0 saturated heterocycles. The Hall–Kier alpha value is -0.310. The lowest BCUT2D eigenvalue weighted by Crippen LogP contribution is -1.82. The summed E-state index contributed by atoms with van der Waals surface area (Å²) in [5, 5.41) is 8.79. The largest absolute Gasteiger partial charge is 0.506 e. The molecule has 0 atom stereocenters. The number of nitrogens with two attached hydrogens (primary N) is 1. The molecule has 0 heterocycles. The van der Waals surface area contributed by atoms with E-state index < -0.39 is 0 Å². The molecule has 0 aliphatic rings. The van der Waals surface area contributed by atoms with Crippen LogP contribution >= 0.6 is 37.2 Å². The maximum absolute atomic E-state index is 8.79. The third-order valence-electron chi connectivity index (χ3n) is 0.937. The molecule has 0 unspecified atom stereocenters. The van der Waals surface area contributed by atoms with E-state index in [9.17, 15) is 0 Å². The highest BCUT2D eigenvalue weighted by Crippen LogP contribution is 2.16. The van der Waals surface area contributed by atoms with Gasteiger partial charge >= 0.3 is 0 Å². The van der Waals surface area contributed by atoms with Crippen molar-refractivity contribution in [1.29, 1.82) is 0 Å². The number of phenolic OH excluding ortho intramolecular Hbond substituents is 1. The fraction of sp³-hybridized carbons (Fsp3) is 0. The summed E-state index contributed by atoms with van der Waals surface area (Å²) < 4.78 is 0. The van der Waals surface area contributed by atoms with Gasteiger partial charge in [0.1, 0.15) is 5.75 Å². The Balaban J connectivity index is -0.000000213. The quantitative estimate of drug-likeness (QED) is 0.518. The smallest absolute Gasteiger partial charge is 0.138 e. The average molecular weight is 219 g/mol. The van der Waals surface area contributed by atoms with E-state index in [0.29, 0.717) is 5.69 Å². The first-order chi connectivity index (χ1) is 3.80. The molecule has 0 amide bonds. The minimum absolute atomic E-state index is 0. The number of anilines is 1. The van der Waals surface area contributed by atoms with E-state index in [1.54, 1.807) is 24.3 Å². The van der Waals surface area contributed by atoms with Crippen molar-refractivity contribution in [2.24, 2.45) is 0 Å². The maximum atomic E-state index is 8.79. The number of halogens is 3. The molecule has 0 aromatic heterocycles. The fourth-order valence-electron chi connectivity index (χ4n) is 0.488. The predicted octanol–water partition coefficient (Wildman–Crippen LogP) is 2.24. The molecule has 0 radical (unpaired) electrons. The Labute approximate surface area is 84.0 Å². The van der Waals surface area contributed by atoms with Crippen LogP contribution in [-0.2, 0) is 0 Å². The SMILES string of the molecule is Cl.Cl.Cl.Nc1ccccc1O. The van der Waals surface area contributed by atoms with Crippen LogP contribution in [0.2, 0.25) is 0 Å². The predicted molar refractivity (Wildman–Crippen MR) is 54.3 cm³/mol. The lowest BCUT2D eigenvalue weighted by Gasteiger charge is -1.92. The van der Waals surface area contributed by atoms with Crippen molar-refractivity contribution in [1.82, 2.24) is 0 Å². The number of rotatable bonds is 0. The highest BCUT2D eigenvalue weighted by molar-refractivity contribution is 5.86. The molecular formula is C6H10Cl3NO. The molecule has 1 aromatic carbocycles. The van der Waals surface area contributed by atoms with E-state index in [4.69, 9.17) is 10.8 Å². The third kappa shape index (κ3) is 5.01. The third-order valence-corrected chi connectivity index (χ3v) is 0.937. The van der Waals surface area contributed by atoms with Crippen LogP contribution in [0.25, 0.3) is 0 Å². The molecule has 0 aliphatic carbocycles. The van der Waals surface area contributed by atoms with Gasteiger partial charge in [0, 0.05) is 0 Å². The normalized spacial score (nSPS) is 6.55. The van der Waals surface area contributed by atoms with E-state index in [-0.39, 0.29) is 43.0 Å². The lowest BCUT2D eigenvalue weighted by atomic mass is 10.3. The number of hydrogen-bond acceptors (Lipinski definition) is 2. The number of para-hydroxylation sites is 2. The molecule has 5 heteroatoms. The highest BCUT2D eigenvalue weighted by Gasteiger charge is 1.87. The molecule has 0 spiro atoms. The van der Waals surface area contributed by atoms with Crippen LogP contribution in [0.5, 0.6) is 5.75 Å². The molecule has 2 nitrogen and oxygen atoms in total. The van der Waals surface area contributed by atoms with Crippen molar-refractivity contribution >= 4 is 42.9 Å². The zero-order valence-electron chi connectivity index (χ0n) is 5.56. The van der Waals surface area contributed by atoms with Gasteiger partial charge in [0.2, 0.25) is 0 Å². The van der Waals surface area contributed by atoms with Gasteiger partial charge < -0.3 is 10.8 Å². The maximum Gasteiger partial charge on any atom is 0.138 e. The topological polar surface area (TPSA) is 46.2 Å². The molecular weight excluding hydrogens is 208 g/mol. The summed E-state index contributed by atoms with van der Waals surface area (Å²) in [5.74, 6) is 0.146. The molecule has 0 aliphatic heterocycles. The zero-order chi connectivity index (χ0) is 5.98. The van der Waals surface area contributed by atoms with Crippen LogP contribution in [0, 0.1) is 0 Å². The van der Waals surface area contributed by atoms with Gasteiger partial charge in [0.15, 0.2) is 0 Å². The van der Waals surface area contributed by atoms with Crippen LogP contribution in [0.3, 0.4) is 0 Å². The first-order valence-electron chi connectivity index (χ1n) is 2.34. The van der Waals surface area contributed by atoms with Crippen molar-refractivity contribution in [3.05, 3.63) is 24.3 Å². The molecule has 0 bridgehead atoms. The summed E-state index contributed by atoms with van der Waals surface area (Å²) in [6, 6.07) is 6.70. The van der Waals surface area contributed by atoms with Gasteiger partial charge in [0.05, 0.1) is 5.69 Å². The van der Waals surface area contributed by atoms with E-state index >= 15 is 0 Å². The second kappa shape index (κ2) is 7.79. The molecule has 11 heavy (non-hydrogen) atoms. The minimum atomic E-state index is 0. The van der Waals surface area contributed by atoms with Crippen LogP contribution in [-0.4, -0.2) is 5.11 Å². The van der Waals surface area contributed by atoms with Crippen molar-refractivity contribution in [2.45, 2.75) is 0 Å². The van der Waals surface area contributed by atoms with Crippen LogP contribution in [0.15, 0.2) is 24.3 Å². The first-order valence-corrected chi connectivity index (χ1v) is 2.34. The van der Waals surface area contributed by atoms with Crippen molar-refractivity contribution < 1.29 is 5.11 Å². The molecule has 1 rings (SSSR count). The highest BCUT2D eigenvalue weighted by atomic mass is 35.5. The Morgan fingerprint density at radius 2 is 1.45 bits per heavy atom. The number of aromatic hydroxyl groups is 1. The van der Waals surface area contributed by atoms with Crippen molar-refractivity contribution in [2.75, 3.05) is 5.73 Å². The van der Waals surface area contributed by atoms with Gasteiger partial charge in [0.25, 0.3) is 0 Å². The average Bonchev–Trinajstić information content (AvgIpc) is 1.77. The van der Waals surface area contributed by atoms with Crippen LogP contribution in [0.1, 0.15) is 0 Å². The van der Waals surface area contributed by atoms with Gasteiger partial charge in [-0.05, 0) is 12.1 Å². The van der Waals surface area contributed by atoms with Gasteiger partial charge in [-0.25, -0.2) is 0 Å². The minimum Gasteiger partial charge on any atom is -0.506 e. The Morgan fingerprint density at radius 3 is 1.73 bits per heavy atom. The summed E-state index contributed by atoms with van der Waals surface area (Å²) in [6.07, 6.45) is 0. The van der Waals surface area contributed by atoms with Crippen LogP contribution < -0.4 is 5.73 Å². The Bertz CT molecular complexity index is 174. The van der Waals surface area contributed by atoms with E-state index in [1.807, 2.05) is 0 Å². The number of nitrogen functional groups attached to an aromatic ring is 1. The Kier molecular flexibility index (Phi) is 12.0. The summed E-state index contributed by atoms with van der Waals surface area (Å²) in [5.41, 5.74) is 5.69. The van der Waals surface area contributed by atoms with Crippen molar-refractivity contribution in [3.8, 4) is 5.75 Å². The number of benzene rings is 1. The van der Waals surface area contributed by atoms with Crippen molar-refractivity contribution in [3.63, 3.8) is 0 Å². The molecule has 3 N–H and O–H groups in total. The van der Waals surface area contributed by atoms with Gasteiger partial charge in [-0.3, -0.25) is 0 Å². The monoisotopic (exact) mass is 217 g/mol. The van der Waals surface area contributed by atoms with Gasteiger partial charge in [-0.2, -0.15) is 0 Å². The summed E-state index contributed by atoms with van der Waals surface area (Å²) in [7, 11) is 0. The fourth-order valence-corrected chi connectivity index (χ4v) is 0.488. The standard InChI is InChI=1S/C6H7NO.3ClH/c7-5-3-1-2-4-6(5)8;;;/h1-4,8H,7H2;3*1H. The summed E-state index contributed by atoms with van der Waals surface area (Å²) in [4.78, 5) is 0.